The lowest BCUT2D eigenvalue weighted by Crippen LogP contribution is -2.49. The van der Waals surface area contributed by atoms with Crippen LogP contribution in [0.25, 0.3) is 0 Å². The van der Waals surface area contributed by atoms with E-state index < -0.39 is 11.4 Å². The molecular formula is C24H27NO4. The summed E-state index contributed by atoms with van der Waals surface area (Å²) in [6, 6.07) is 18.0. The summed E-state index contributed by atoms with van der Waals surface area (Å²) in [5, 5.41) is 9.47. The Morgan fingerprint density at radius 2 is 1.86 bits per heavy atom. The molecule has 5 nitrogen and oxygen atoms in total. The van der Waals surface area contributed by atoms with E-state index in [4.69, 9.17) is 4.74 Å². The van der Waals surface area contributed by atoms with Gasteiger partial charge in [-0.05, 0) is 55.4 Å². The number of hydrogen-bond donors (Lipinski definition) is 1. The highest BCUT2D eigenvalue weighted by Gasteiger charge is 2.48. The Morgan fingerprint density at radius 1 is 1.14 bits per heavy atom. The minimum absolute atomic E-state index is 0.0257. The number of likely N-dealkylation sites (tertiary alicyclic amines) is 1. The van der Waals surface area contributed by atoms with Crippen LogP contribution in [0.3, 0.4) is 0 Å². The predicted molar refractivity (Wildman–Crippen MR) is 110 cm³/mol. The van der Waals surface area contributed by atoms with Crippen LogP contribution in [0.5, 0.6) is 5.75 Å². The van der Waals surface area contributed by atoms with E-state index in [9.17, 15) is 14.7 Å². The number of carbonyl (C=O) groups excluding carboxylic acids is 1. The maximum atomic E-state index is 12.9. The molecule has 1 N–H and O–H groups in total. The Labute approximate surface area is 171 Å². The van der Waals surface area contributed by atoms with Crippen molar-refractivity contribution < 1.29 is 19.4 Å². The zero-order chi connectivity index (χ0) is 20.4. The molecule has 4 rings (SSSR count). The van der Waals surface area contributed by atoms with Gasteiger partial charge in [-0.1, -0.05) is 42.5 Å². The maximum absolute atomic E-state index is 12.9. The maximum Gasteiger partial charge on any atom is 0.311 e. The molecule has 152 valence electrons. The number of carbonyl (C=O) groups is 2. The van der Waals surface area contributed by atoms with Crippen LogP contribution in [0.1, 0.15) is 43.2 Å². The van der Waals surface area contributed by atoms with Gasteiger partial charge in [0.05, 0.1) is 5.41 Å². The molecule has 1 saturated heterocycles. The Kier molecular flexibility index (Phi) is 5.31. The van der Waals surface area contributed by atoms with Crippen molar-refractivity contribution in [3.8, 4) is 5.75 Å². The standard InChI is InChI=1S/C24H27NO4/c1-24(23(27)28)12-5-13-25(16-24)22(26)21-14-20(21)18-8-10-19(11-9-18)29-15-17-6-3-2-4-7-17/h2-4,6-11,20-21H,5,12-16H2,1H3,(H,27,28). The van der Waals surface area contributed by atoms with Crippen molar-refractivity contribution in [2.75, 3.05) is 13.1 Å². The molecule has 0 bridgehead atoms. The molecular weight excluding hydrogens is 366 g/mol. The van der Waals surface area contributed by atoms with Crippen LogP contribution in [0.4, 0.5) is 0 Å². The topological polar surface area (TPSA) is 66.8 Å². The van der Waals surface area contributed by atoms with Gasteiger partial charge in [0.15, 0.2) is 0 Å². The first-order valence-corrected chi connectivity index (χ1v) is 10.3. The largest absolute Gasteiger partial charge is 0.489 e. The van der Waals surface area contributed by atoms with Crippen molar-refractivity contribution >= 4 is 11.9 Å². The highest BCUT2D eigenvalue weighted by atomic mass is 16.5. The summed E-state index contributed by atoms with van der Waals surface area (Å²) in [5.41, 5.74) is 1.45. The van der Waals surface area contributed by atoms with Gasteiger partial charge in [-0.25, -0.2) is 0 Å². The molecule has 1 heterocycles. The average molecular weight is 393 g/mol. The van der Waals surface area contributed by atoms with Gasteiger partial charge in [-0.2, -0.15) is 0 Å². The number of piperidine rings is 1. The van der Waals surface area contributed by atoms with Crippen LogP contribution in [0.2, 0.25) is 0 Å². The fourth-order valence-electron chi connectivity index (χ4n) is 4.23. The molecule has 3 atom stereocenters. The SMILES string of the molecule is CC1(C(=O)O)CCCN(C(=O)C2CC2c2ccc(OCc3ccccc3)cc2)C1. The molecule has 1 amide bonds. The molecule has 0 spiro atoms. The molecule has 0 aromatic heterocycles. The van der Waals surface area contributed by atoms with Gasteiger partial charge in [-0.15, -0.1) is 0 Å². The number of hydrogen-bond acceptors (Lipinski definition) is 3. The number of nitrogens with zero attached hydrogens (tertiary/aromatic N) is 1. The van der Waals surface area contributed by atoms with E-state index in [1.807, 2.05) is 54.6 Å². The van der Waals surface area contributed by atoms with E-state index in [2.05, 4.69) is 0 Å². The van der Waals surface area contributed by atoms with E-state index in [1.54, 1.807) is 11.8 Å². The summed E-state index contributed by atoms with van der Waals surface area (Å²) >= 11 is 0. The van der Waals surface area contributed by atoms with E-state index in [0.717, 1.165) is 29.7 Å². The lowest BCUT2D eigenvalue weighted by molar-refractivity contribution is -0.153. The lowest BCUT2D eigenvalue weighted by Gasteiger charge is -2.37. The molecule has 5 heteroatoms. The second-order valence-electron chi connectivity index (χ2n) is 8.52. The summed E-state index contributed by atoms with van der Waals surface area (Å²) in [4.78, 5) is 26.2. The number of aliphatic carboxylic acids is 1. The Hall–Kier alpha value is -2.82. The highest BCUT2D eigenvalue weighted by Crippen LogP contribution is 2.49. The summed E-state index contributed by atoms with van der Waals surface area (Å²) in [6.07, 6.45) is 2.22. The Bertz CT molecular complexity index is 880. The quantitative estimate of drug-likeness (QED) is 0.803. The van der Waals surface area contributed by atoms with Crippen LogP contribution < -0.4 is 4.74 Å². The van der Waals surface area contributed by atoms with Gasteiger partial charge >= 0.3 is 5.97 Å². The third-order valence-corrected chi connectivity index (χ3v) is 6.19. The van der Waals surface area contributed by atoms with Crippen molar-refractivity contribution in [3.63, 3.8) is 0 Å². The van der Waals surface area contributed by atoms with Gasteiger partial charge in [-0.3, -0.25) is 9.59 Å². The molecule has 1 saturated carbocycles. The summed E-state index contributed by atoms with van der Waals surface area (Å²) in [5.74, 6) is 0.306. The lowest BCUT2D eigenvalue weighted by atomic mass is 9.82. The first-order chi connectivity index (χ1) is 14.0. The monoisotopic (exact) mass is 393 g/mol. The summed E-state index contributed by atoms with van der Waals surface area (Å²) in [6.45, 7) is 3.25. The van der Waals surface area contributed by atoms with Gasteiger partial charge in [0.25, 0.3) is 0 Å². The minimum atomic E-state index is -0.823. The van der Waals surface area contributed by atoms with Crippen molar-refractivity contribution in [1.82, 2.24) is 4.90 Å². The molecule has 2 aromatic rings. The van der Waals surface area contributed by atoms with Gasteiger partial charge < -0.3 is 14.7 Å². The van der Waals surface area contributed by atoms with Crippen molar-refractivity contribution in [1.29, 1.82) is 0 Å². The van der Waals surface area contributed by atoms with Crippen molar-refractivity contribution in [3.05, 3.63) is 65.7 Å². The number of amides is 1. The van der Waals surface area contributed by atoms with Crippen LogP contribution in [-0.4, -0.2) is 35.0 Å². The van der Waals surface area contributed by atoms with Crippen LogP contribution >= 0.6 is 0 Å². The molecule has 2 aromatic carbocycles. The third kappa shape index (κ3) is 4.29. The smallest absolute Gasteiger partial charge is 0.311 e. The van der Waals surface area contributed by atoms with Crippen LogP contribution in [-0.2, 0) is 16.2 Å². The third-order valence-electron chi connectivity index (χ3n) is 6.19. The minimum Gasteiger partial charge on any atom is -0.489 e. The number of benzene rings is 2. The number of carboxylic acids is 1. The fourth-order valence-corrected chi connectivity index (χ4v) is 4.23. The zero-order valence-corrected chi connectivity index (χ0v) is 16.7. The average Bonchev–Trinajstić information content (AvgIpc) is 3.54. The summed E-state index contributed by atoms with van der Waals surface area (Å²) < 4.78 is 5.83. The van der Waals surface area contributed by atoms with Crippen LogP contribution in [0, 0.1) is 11.3 Å². The predicted octanol–water partition coefficient (Wildman–Crippen LogP) is 4.08. The molecule has 2 fully saturated rings. The van der Waals surface area contributed by atoms with Gasteiger partial charge in [0.2, 0.25) is 5.91 Å². The Morgan fingerprint density at radius 3 is 2.55 bits per heavy atom. The second kappa shape index (κ2) is 7.90. The van der Waals surface area contributed by atoms with E-state index in [0.29, 0.717) is 26.1 Å². The molecule has 1 aliphatic carbocycles. The molecule has 3 unspecified atom stereocenters. The molecule has 29 heavy (non-hydrogen) atoms. The first kappa shape index (κ1) is 19.5. The van der Waals surface area contributed by atoms with Gasteiger partial charge in [0, 0.05) is 19.0 Å². The Balaban J connectivity index is 1.33. The van der Waals surface area contributed by atoms with E-state index in [1.165, 1.54) is 0 Å². The van der Waals surface area contributed by atoms with Crippen LogP contribution in [0.15, 0.2) is 54.6 Å². The fraction of sp³-hybridized carbons (Fsp3) is 0.417. The second-order valence-corrected chi connectivity index (χ2v) is 8.52. The molecule has 2 aliphatic rings. The number of carboxylic acid groups (broad SMARTS) is 1. The first-order valence-electron chi connectivity index (χ1n) is 10.3. The summed E-state index contributed by atoms with van der Waals surface area (Å²) in [7, 11) is 0. The zero-order valence-electron chi connectivity index (χ0n) is 16.7. The number of rotatable bonds is 6. The van der Waals surface area contributed by atoms with E-state index in [-0.39, 0.29) is 17.7 Å². The van der Waals surface area contributed by atoms with Crippen molar-refractivity contribution in [2.24, 2.45) is 11.3 Å². The molecule has 0 radical (unpaired) electrons. The van der Waals surface area contributed by atoms with Crippen molar-refractivity contribution in [2.45, 2.75) is 38.7 Å². The van der Waals surface area contributed by atoms with E-state index >= 15 is 0 Å². The highest BCUT2D eigenvalue weighted by molar-refractivity contribution is 5.84. The van der Waals surface area contributed by atoms with Gasteiger partial charge in [0.1, 0.15) is 12.4 Å². The molecule has 1 aliphatic heterocycles. The normalized spacial score (nSPS) is 26.0. The number of ether oxygens (including phenoxy) is 1.